The number of urea groups is 1. The Morgan fingerprint density at radius 3 is 2.74 bits per heavy atom. The Hall–Kier alpha value is -2.37. The Balaban J connectivity index is 2.74. The number of carbonyl (C=O) groups excluding carboxylic acids is 1. The highest BCUT2D eigenvalue weighted by Gasteiger charge is 2.05. The van der Waals surface area contributed by atoms with Gasteiger partial charge < -0.3 is 15.7 Å². The first-order valence-corrected chi connectivity index (χ1v) is 5.74. The topological polar surface area (TPSA) is 78.4 Å². The Morgan fingerprint density at radius 2 is 2.11 bits per heavy atom. The minimum absolute atomic E-state index is 0.0341. The quantitative estimate of drug-likeness (QED) is 0.710. The number of amides is 2. The second-order valence-corrected chi connectivity index (χ2v) is 3.74. The zero-order valence-corrected chi connectivity index (χ0v) is 10.4. The molecule has 0 saturated carbocycles. The van der Waals surface area contributed by atoms with Crippen LogP contribution in [0, 0.1) is 5.82 Å². The van der Waals surface area contributed by atoms with Crippen LogP contribution in [0.3, 0.4) is 0 Å². The molecule has 0 bridgehead atoms. The van der Waals surface area contributed by atoms with Crippen LogP contribution in [0.4, 0.5) is 9.18 Å². The molecule has 0 aliphatic heterocycles. The summed E-state index contributed by atoms with van der Waals surface area (Å²) in [6.45, 7) is 2.29. The molecule has 1 aromatic carbocycles. The number of hydrogen-bond donors (Lipinski definition) is 3. The average molecular weight is 266 g/mol. The number of nitrogens with one attached hydrogen (secondary N) is 2. The molecule has 0 spiro atoms. The van der Waals surface area contributed by atoms with Gasteiger partial charge in [0.1, 0.15) is 5.82 Å². The average Bonchev–Trinajstić information content (AvgIpc) is 2.36. The highest BCUT2D eigenvalue weighted by atomic mass is 19.1. The summed E-state index contributed by atoms with van der Waals surface area (Å²) in [5.41, 5.74) is 0.843. The van der Waals surface area contributed by atoms with Gasteiger partial charge in [0.05, 0.1) is 0 Å². The number of halogens is 1. The van der Waals surface area contributed by atoms with Gasteiger partial charge in [-0.05, 0) is 30.7 Å². The third-order valence-electron chi connectivity index (χ3n) is 2.26. The maximum Gasteiger partial charge on any atom is 0.328 e. The SMILES string of the molecule is CCNC(=O)NCc1cc(/C=C/C(=O)O)ccc1F. The van der Waals surface area contributed by atoms with Crippen molar-refractivity contribution in [3.8, 4) is 0 Å². The van der Waals surface area contributed by atoms with E-state index in [1.165, 1.54) is 24.3 Å². The summed E-state index contributed by atoms with van der Waals surface area (Å²) in [7, 11) is 0. The lowest BCUT2D eigenvalue weighted by atomic mass is 10.1. The maximum absolute atomic E-state index is 13.5. The van der Waals surface area contributed by atoms with Crippen LogP contribution in [0.5, 0.6) is 0 Å². The molecule has 5 nitrogen and oxygen atoms in total. The fourth-order valence-electron chi connectivity index (χ4n) is 1.40. The number of hydrogen-bond acceptors (Lipinski definition) is 2. The summed E-state index contributed by atoms with van der Waals surface area (Å²) in [6, 6.07) is 3.80. The first-order chi connectivity index (χ1) is 9.02. The van der Waals surface area contributed by atoms with Crippen LogP contribution in [-0.2, 0) is 11.3 Å². The van der Waals surface area contributed by atoms with Gasteiger partial charge in [-0.1, -0.05) is 6.07 Å². The second kappa shape index (κ2) is 7.15. The molecule has 1 rings (SSSR count). The Bertz CT molecular complexity index is 501. The highest BCUT2D eigenvalue weighted by Crippen LogP contribution is 2.12. The van der Waals surface area contributed by atoms with Gasteiger partial charge in [-0.25, -0.2) is 14.0 Å². The lowest BCUT2D eigenvalue weighted by Crippen LogP contribution is -2.34. The summed E-state index contributed by atoms with van der Waals surface area (Å²) >= 11 is 0. The van der Waals surface area contributed by atoms with Crippen molar-refractivity contribution in [3.05, 3.63) is 41.2 Å². The Morgan fingerprint density at radius 1 is 1.37 bits per heavy atom. The molecule has 3 N–H and O–H groups in total. The van der Waals surface area contributed by atoms with E-state index in [2.05, 4.69) is 10.6 Å². The largest absolute Gasteiger partial charge is 0.478 e. The molecular weight excluding hydrogens is 251 g/mol. The van der Waals surface area contributed by atoms with Gasteiger partial charge in [-0.2, -0.15) is 0 Å². The summed E-state index contributed by atoms with van der Waals surface area (Å²) in [6.07, 6.45) is 2.33. The fraction of sp³-hybridized carbons (Fsp3) is 0.231. The summed E-state index contributed by atoms with van der Waals surface area (Å²) in [5.74, 6) is -1.53. The fourth-order valence-corrected chi connectivity index (χ4v) is 1.40. The van der Waals surface area contributed by atoms with Crippen molar-refractivity contribution < 1.29 is 19.1 Å². The van der Waals surface area contributed by atoms with E-state index in [0.717, 1.165) is 6.08 Å². The maximum atomic E-state index is 13.5. The van der Waals surface area contributed by atoms with Crippen LogP contribution in [-0.4, -0.2) is 23.7 Å². The van der Waals surface area contributed by atoms with Gasteiger partial charge >= 0.3 is 12.0 Å². The van der Waals surface area contributed by atoms with Crippen molar-refractivity contribution in [3.63, 3.8) is 0 Å². The zero-order valence-electron chi connectivity index (χ0n) is 10.4. The molecule has 19 heavy (non-hydrogen) atoms. The van der Waals surface area contributed by atoms with Crippen LogP contribution >= 0.6 is 0 Å². The van der Waals surface area contributed by atoms with Gasteiger partial charge in [0.25, 0.3) is 0 Å². The van der Waals surface area contributed by atoms with Crippen molar-refractivity contribution in [2.45, 2.75) is 13.5 Å². The van der Waals surface area contributed by atoms with Gasteiger partial charge in [-0.15, -0.1) is 0 Å². The lowest BCUT2D eigenvalue weighted by Gasteiger charge is -2.07. The van der Waals surface area contributed by atoms with E-state index >= 15 is 0 Å². The monoisotopic (exact) mass is 266 g/mol. The van der Waals surface area contributed by atoms with Gasteiger partial charge in [0.15, 0.2) is 0 Å². The van der Waals surface area contributed by atoms with E-state index in [1.54, 1.807) is 6.92 Å². The summed E-state index contributed by atoms with van der Waals surface area (Å²) < 4.78 is 13.5. The molecule has 0 saturated heterocycles. The Kier molecular flexibility index (Phi) is 5.53. The first-order valence-electron chi connectivity index (χ1n) is 5.74. The van der Waals surface area contributed by atoms with Crippen molar-refractivity contribution in [2.75, 3.05) is 6.54 Å². The van der Waals surface area contributed by atoms with Gasteiger partial charge in [-0.3, -0.25) is 0 Å². The van der Waals surface area contributed by atoms with Gasteiger partial charge in [0, 0.05) is 24.7 Å². The van der Waals surface area contributed by atoms with E-state index in [4.69, 9.17) is 5.11 Å². The van der Waals surface area contributed by atoms with Gasteiger partial charge in [0.2, 0.25) is 0 Å². The smallest absolute Gasteiger partial charge is 0.328 e. The molecule has 0 radical (unpaired) electrons. The molecule has 0 fully saturated rings. The number of rotatable bonds is 5. The molecule has 2 amide bonds. The van der Waals surface area contributed by atoms with E-state index < -0.39 is 11.8 Å². The molecule has 6 heteroatoms. The number of aliphatic carboxylic acids is 1. The molecular formula is C13H15FN2O3. The van der Waals surface area contributed by atoms with Crippen LogP contribution in [0.2, 0.25) is 0 Å². The standard InChI is InChI=1S/C13H15FN2O3/c1-2-15-13(19)16-8-10-7-9(3-5-11(10)14)4-6-12(17)18/h3-7H,2,8H2,1H3,(H,17,18)(H2,15,16,19)/b6-4+. The predicted molar refractivity (Wildman–Crippen MR) is 69.0 cm³/mol. The van der Waals surface area contributed by atoms with Crippen molar-refractivity contribution in [1.29, 1.82) is 0 Å². The molecule has 102 valence electrons. The predicted octanol–water partition coefficient (Wildman–Crippen LogP) is 1.74. The Labute approximate surface area is 110 Å². The third-order valence-corrected chi connectivity index (χ3v) is 2.26. The van der Waals surface area contributed by atoms with Crippen LogP contribution in [0.15, 0.2) is 24.3 Å². The van der Waals surface area contributed by atoms with E-state index in [1.807, 2.05) is 0 Å². The van der Waals surface area contributed by atoms with Crippen LogP contribution in [0.25, 0.3) is 6.08 Å². The van der Waals surface area contributed by atoms with Crippen molar-refractivity contribution in [2.24, 2.45) is 0 Å². The minimum atomic E-state index is -1.08. The summed E-state index contributed by atoms with van der Waals surface area (Å²) in [4.78, 5) is 21.6. The number of carbonyl (C=O) groups is 2. The molecule has 0 aromatic heterocycles. The molecule has 0 aliphatic carbocycles. The van der Waals surface area contributed by atoms with E-state index in [0.29, 0.717) is 17.7 Å². The zero-order chi connectivity index (χ0) is 14.3. The van der Waals surface area contributed by atoms with E-state index in [-0.39, 0.29) is 12.6 Å². The number of carboxylic acid groups (broad SMARTS) is 1. The van der Waals surface area contributed by atoms with E-state index in [9.17, 15) is 14.0 Å². The lowest BCUT2D eigenvalue weighted by molar-refractivity contribution is -0.131. The molecule has 0 unspecified atom stereocenters. The summed E-state index contributed by atoms with van der Waals surface area (Å²) in [5, 5.41) is 13.5. The molecule has 0 heterocycles. The van der Waals surface area contributed by atoms with Crippen LogP contribution in [0.1, 0.15) is 18.1 Å². The molecule has 1 aromatic rings. The molecule has 0 aliphatic rings. The van der Waals surface area contributed by atoms with Crippen molar-refractivity contribution >= 4 is 18.1 Å². The number of carboxylic acids is 1. The third kappa shape index (κ3) is 5.20. The van der Waals surface area contributed by atoms with Crippen molar-refractivity contribution in [1.82, 2.24) is 10.6 Å². The highest BCUT2D eigenvalue weighted by molar-refractivity contribution is 5.85. The second-order valence-electron chi connectivity index (χ2n) is 3.74. The molecule has 0 atom stereocenters. The van der Waals surface area contributed by atoms with Crippen LogP contribution < -0.4 is 10.6 Å². The minimum Gasteiger partial charge on any atom is -0.478 e. The number of benzene rings is 1. The first kappa shape index (κ1) is 14.7. The normalized spacial score (nSPS) is 10.4.